The number of anilines is 6. The Hall–Kier alpha value is -8.92. The van der Waals surface area contributed by atoms with Gasteiger partial charge in [-0.3, -0.25) is 0 Å². The minimum absolute atomic E-state index is 1.19. The summed E-state index contributed by atoms with van der Waals surface area (Å²) < 4.78 is 0. The average molecular weight is 902 g/mol. The summed E-state index contributed by atoms with van der Waals surface area (Å²) in [7, 11) is 6.37. The van der Waals surface area contributed by atoms with Crippen LogP contribution in [0.2, 0.25) is 0 Å². The van der Waals surface area contributed by atoms with Gasteiger partial charge in [-0.05, 0) is 115 Å². The number of nitrogens with zero attached hydrogens (tertiary/aromatic N) is 3. The van der Waals surface area contributed by atoms with Crippen LogP contribution in [0.4, 0.5) is 34.1 Å². The van der Waals surface area contributed by atoms with Crippen molar-refractivity contribution in [3.63, 3.8) is 0 Å². The smallest absolute Gasteiger partial charge is 0.0487 e. The molecule has 338 valence electrons. The minimum atomic E-state index is 1.19. The second-order valence-corrected chi connectivity index (χ2v) is 17.6. The molecule has 0 amide bonds. The minimum Gasteiger partial charge on any atom is -0.345 e. The largest absolute Gasteiger partial charge is 0.345 e. The molecule has 0 atom stereocenters. The van der Waals surface area contributed by atoms with Crippen LogP contribution in [-0.2, 0) is 0 Å². The van der Waals surface area contributed by atoms with Crippen molar-refractivity contribution in [1.82, 2.24) is 0 Å². The fraction of sp³-hybridized carbons (Fsp3) is 0.0448. The van der Waals surface area contributed by atoms with Gasteiger partial charge in [0.05, 0.1) is 0 Å². The first-order chi connectivity index (χ1) is 34.5. The van der Waals surface area contributed by atoms with Crippen molar-refractivity contribution >= 4 is 77.2 Å². The van der Waals surface area contributed by atoms with Crippen LogP contribution in [0.5, 0.6) is 0 Å². The Morgan fingerprint density at radius 2 is 0.543 bits per heavy atom. The molecule has 0 radical (unpaired) electrons. The van der Waals surface area contributed by atoms with Crippen molar-refractivity contribution in [3.05, 3.63) is 279 Å². The predicted molar refractivity (Wildman–Crippen MR) is 304 cm³/mol. The highest BCUT2D eigenvalue weighted by atomic mass is 15.1. The summed E-state index contributed by atoms with van der Waals surface area (Å²) in [4.78, 5) is 6.74. The van der Waals surface area contributed by atoms with Gasteiger partial charge in [0, 0.05) is 66.0 Å². The van der Waals surface area contributed by atoms with Crippen LogP contribution < -0.4 is 14.7 Å². The van der Waals surface area contributed by atoms with E-state index < -0.39 is 0 Å². The van der Waals surface area contributed by atoms with E-state index in [2.05, 4.69) is 309 Å². The average Bonchev–Trinajstić information content (AvgIpc) is 3.45. The Kier molecular flexibility index (Phi) is 13.4. The molecule has 0 heterocycles. The van der Waals surface area contributed by atoms with Crippen LogP contribution in [0, 0.1) is 0 Å². The van der Waals surface area contributed by atoms with Crippen LogP contribution >= 0.6 is 0 Å². The lowest BCUT2D eigenvalue weighted by Gasteiger charge is -2.22. The predicted octanol–water partition coefficient (Wildman–Crippen LogP) is 18.3. The van der Waals surface area contributed by atoms with Gasteiger partial charge in [-0.2, -0.15) is 0 Å². The highest BCUT2D eigenvalue weighted by molar-refractivity contribution is 5.97. The maximum Gasteiger partial charge on any atom is 0.0487 e. The molecule has 0 N–H and O–H groups in total. The second kappa shape index (κ2) is 20.9. The molecule has 12 rings (SSSR count). The van der Waals surface area contributed by atoms with Crippen LogP contribution in [-0.4, -0.2) is 21.1 Å². The zero-order valence-electron chi connectivity index (χ0n) is 39.9. The van der Waals surface area contributed by atoms with Gasteiger partial charge in [-0.15, -0.1) is 0 Å². The van der Waals surface area contributed by atoms with E-state index in [4.69, 9.17) is 0 Å². The van der Waals surface area contributed by atoms with Crippen LogP contribution in [0.1, 0.15) is 0 Å². The molecule has 0 fully saturated rings. The lowest BCUT2D eigenvalue weighted by atomic mass is 10.0. The summed E-state index contributed by atoms with van der Waals surface area (Å²) in [5.41, 5.74) is 12.2. The number of fused-ring (bicyclic) bond motifs is 4. The monoisotopic (exact) mass is 901 g/mol. The van der Waals surface area contributed by atoms with E-state index in [0.29, 0.717) is 0 Å². The molecule has 0 saturated heterocycles. The number of hydrogen-bond donors (Lipinski definition) is 0. The lowest BCUT2D eigenvalue weighted by Crippen LogP contribution is -2.09. The maximum absolute atomic E-state index is 2.26. The molecule has 3 heteroatoms. The zero-order valence-corrected chi connectivity index (χ0v) is 39.9. The second-order valence-electron chi connectivity index (χ2n) is 17.6. The Bertz CT molecular complexity index is 3570. The molecule has 0 aliphatic rings. The first-order valence-electron chi connectivity index (χ1n) is 23.9. The number of benzene rings is 12. The van der Waals surface area contributed by atoms with E-state index in [1.807, 2.05) is 6.07 Å². The fourth-order valence-corrected chi connectivity index (χ4v) is 9.23. The quantitative estimate of drug-likeness (QED) is 0.150. The van der Waals surface area contributed by atoms with Crippen molar-refractivity contribution in [2.24, 2.45) is 0 Å². The van der Waals surface area contributed by atoms with E-state index in [1.54, 1.807) is 0 Å². The van der Waals surface area contributed by atoms with Gasteiger partial charge >= 0.3 is 0 Å². The van der Waals surface area contributed by atoms with Crippen molar-refractivity contribution in [3.8, 4) is 22.3 Å². The number of rotatable bonds is 8. The van der Waals surface area contributed by atoms with Crippen molar-refractivity contribution in [2.75, 3.05) is 35.8 Å². The van der Waals surface area contributed by atoms with E-state index in [-0.39, 0.29) is 0 Å². The third-order valence-corrected chi connectivity index (χ3v) is 13.2. The molecule has 12 aromatic rings. The third-order valence-electron chi connectivity index (χ3n) is 13.2. The van der Waals surface area contributed by atoms with Gasteiger partial charge in [-0.1, -0.05) is 218 Å². The Labute approximate surface area is 412 Å². The SMILES string of the molecule is CN(c1ccc(-c2ccccc2)cc1)c1cccc2ccccc12.CN(c1ccc2ccccc2c1)c1ccc2ccccc2c1.CN(c1cccc(-c2ccccc2)c1)c1cccc2ccccc12. The molecule has 0 saturated carbocycles. The summed E-state index contributed by atoms with van der Waals surface area (Å²) in [6.07, 6.45) is 0. The molecule has 0 spiro atoms. The fourth-order valence-electron chi connectivity index (χ4n) is 9.23. The molecule has 3 nitrogen and oxygen atoms in total. The molecule has 12 aromatic carbocycles. The van der Waals surface area contributed by atoms with Gasteiger partial charge in [0.25, 0.3) is 0 Å². The van der Waals surface area contributed by atoms with Crippen molar-refractivity contribution in [1.29, 1.82) is 0 Å². The van der Waals surface area contributed by atoms with Gasteiger partial charge in [0.2, 0.25) is 0 Å². The number of hydrogen-bond acceptors (Lipinski definition) is 3. The first kappa shape index (κ1) is 44.9. The van der Waals surface area contributed by atoms with Gasteiger partial charge < -0.3 is 14.7 Å². The van der Waals surface area contributed by atoms with Gasteiger partial charge in [0.15, 0.2) is 0 Å². The summed E-state index contributed by atoms with van der Waals surface area (Å²) in [6, 6.07) is 98.5. The summed E-state index contributed by atoms with van der Waals surface area (Å²) in [6.45, 7) is 0. The normalized spacial score (nSPS) is 10.8. The molecular weight excluding hydrogens is 847 g/mol. The van der Waals surface area contributed by atoms with Crippen LogP contribution in [0.25, 0.3) is 65.3 Å². The summed E-state index contributed by atoms with van der Waals surface area (Å²) >= 11 is 0. The summed E-state index contributed by atoms with van der Waals surface area (Å²) in [5.74, 6) is 0. The molecule has 0 aromatic heterocycles. The zero-order chi connectivity index (χ0) is 47.7. The van der Waals surface area contributed by atoms with E-state index in [1.165, 1.54) is 99.5 Å². The Morgan fingerprint density at radius 1 is 0.200 bits per heavy atom. The lowest BCUT2D eigenvalue weighted by molar-refractivity contribution is 1.22. The Morgan fingerprint density at radius 3 is 1.06 bits per heavy atom. The van der Waals surface area contributed by atoms with Crippen molar-refractivity contribution < 1.29 is 0 Å². The molecule has 0 aliphatic carbocycles. The van der Waals surface area contributed by atoms with Crippen LogP contribution in [0.15, 0.2) is 279 Å². The van der Waals surface area contributed by atoms with Crippen molar-refractivity contribution in [2.45, 2.75) is 0 Å². The van der Waals surface area contributed by atoms with Gasteiger partial charge in [-0.25, -0.2) is 0 Å². The molecule has 70 heavy (non-hydrogen) atoms. The Balaban J connectivity index is 0.000000122. The standard InChI is InChI=1S/2C23H19N.C21H17N/c1-24(23-16-8-12-19-11-5-6-15-22(19)23)21-14-7-13-20(17-21)18-9-3-2-4-10-18;1-24(23-13-7-11-20-10-5-6-12-22(20)23)21-16-14-19(15-17-21)18-8-3-2-4-9-18;1-22(20-12-10-16-6-2-4-8-18(16)14-20)21-13-11-17-7-3-5-9-19(17)15-21/h2*2-17H,1H3;2-15H,1H3. The van der Waals surface area contributed by atoms with E-state index in [0.717, 1.165) is 0 Å². The highest BCUT2D eigenvalue weighted by Gasteiger charge is 2.11. The molecule has 0 unspecified atom stereocenters. The van der Waals surface area contributed by atoms with Gasteiger partial charge in [0.1, 0.15) is 0 Å². The van der Waals surface area contributed by atoms with E-state index in [9.17, 15) is 0 Å². The van der Waals surface area contributed by atoms with Crippen LogP contribution in [0.3, 0.4) is 0 Å². The third kappa shape index (κ3) is 10.0. The van der Waals surface area contributed by atoms with E-state index >= 15 is 0 Å². The molecular formula is C67H55N3. The highest BCUT2D eigenvalue weighted by Crippen LogP contribution is 2.35. The topological polar surface area (TPSA) is 9.72 Å². The molecule has 0 aliphatic heterocycles. The summed E-state index contributed by atoms with van der Waals surface area (Å²) in [5, 5.41) is 10.2. The maximum atomic E-state index is 2.26. The molecule has 0 bridgehead atoms. The first-order valence-corrected chi connectivity index (χ1v) is 23.9.